The normalized spacial score (nSPS) is 11.0. The van der Waals surface area contributed by atoms with E-state index in [0.717, 1.165) is 17.6 Å². The molecule has 0 heterocycles. The van der Waals surface area contributed by atoms with Crippen LogP contribution < -0.4 is 4.74 Å². The third-order valence-electron chi connectivity index (χ3n) is 3.09. The molecule has 1 aromatic carbocycles. The first-order valence-corrected chi connectivity index (χ1v) is 7.92. The Morgan fingerprint density at radius 2 is 1.95 bits per heavy atom. The van der Waals surface area contributed by atoms with Gasteiger partial charge in [0.1, 0.15) is 5.75 Å². The zero-order chi connectivity index (χ0) is 16.0. The minimum atomic E-state index is 0.0383. The lowest BCUT2D eigenvalue weighted by Crippen LogP contribution is -2.39. The Bertz CT molecular complexity index is 475. The number of carbonyl (C=O) groups is 1. The van der Waals surface area contributed by atoms with E-state index in [1.54, 1.807) is 13.2 Å². The van der Waals surface area contributed by atoms with Crippen molar-refractivity contribution >= 4 is 21.8 Å². The molecule has 1 rings (SSSR count). The molecule has 0 radical (unpaired) electrons. The molecular weight excluding hydrogens is 332 g/mol. The van der Waals surface area contributed by atoms with Gasteiger partial charge in [0, 0.05) is 24.1 Å². The second-order valence-corrected chi connectivity index (χ2v) is 6.65. The van der Waals surface area contributed by atoms with Gasteiger partial charge in [-0.2, -0.15) is 0 Å². The number of nitrogens with zero attached hydrogens (tertiary/aromatic N) is 2. The molecule has 0 atom stereocenters. The molecule has 0 bridgehead atoms. The van der Waals surface area contributed by atoms with Crippen molar-refractivity contribution in [2.75, 3.05) is 40.8 Å². The maximum absolute atomic E-state index is 12.8. The fraction of sp³-hybridized carbons (Fsp3) is 0.562. The average Bonchev–Trinajstić information content (AvgIpc) is 2.42. The van der Waals surface area contributed by atoms with Crippen molar-refractivity contribution in [2.45, 2.75) is 13.8 Å². The van der Waals surface area contributed by atoms with Gasteiger partial charge in [-0.25, -0.2) is 0 Å². The minimum Gasteiger partial charge on any atom is -0.497 e. The quantitative estimate of drug-likeness (QED) is 0.752. The molecular formula is C16H25BrN2O2. The second kappa shape index (κ2) is 8.39. The summed E-state index contributed by atoms with van der Waals surface area (Å²) in [5.41, 5.74) is 0.647. The van der Waals surface area contributed by atoms with Gasteiger partial charge < -0.3 is 14.5 Å². The van der Waals surface area contributed by atoms with E-state index in [4.69, 9.17) is 4.74 Å². The summed E-state index contributed by atoms with van der Waals surface area (Å²) in [5, 5.41) is 0. The number of benzene rings is 1. The Balaban J connectivity index is 2.97. The van der Waals surface area contributed by atoms with Crippen LogP contribution in [0.4, 0.5) is 0 Å². The third kappa shape index (κ3) is 5.67. The largest absolute Gasteiger partial charge is 0.497 e. The summed E-state index contributed by atoms with van der Waals surface area (Å²) in [7, 11) is 5.63. The SMILES string of the molecule is COc1ccc(Br)c(C(=O)N(CCN(C)C)CC(C)C)c1. The Kier molecular flexibility index (Phi) is 7.18. The number of ether oxygens (including phenoxy) is 1. The molecule has 0 spiro atoms. The smallest absolute Gasteiger partial charge is 0.255 e. The molecule has 0 aliphatic carbocycles. The standard InChI is InChI=1S/C16H25BrN2O2/c1-12(2)11-19(9-8-18(3)4)16(20)14-10-13(21-5)6-7-15(14)17/h6-7,10,12H,8-9,11H2,1-5H3. The highest BCUT2D eigenvalue weighted by Crippen LogP contribution is 2.24. The lowest BCUT2D eigenvalue weighted by atomic mass is 10.1. The number of halogens is 1. The number of hydrogen-bond acceptors (Lipinski definition) is 3. The zero-order valence-corrected chi connectivity index (χ0v) is 15.1. The van der Waals surface area contributed by atoms with E-state index in [1.165, 1.54) is 0 Å². The molecule has 21 heavy (non-hydrogen) atoms. The van der Waals surface area contributed by atoms with Crippen molar-refractivity contribution in [1.82, 2.24) is 9.80 Å². The van der Waals surface area contributed by atoms with E-state index < -0.39 is 0 Å². The van der Waals surface area contributed by atoms with Crippen LogP contribution in [-0.2, 0) is 0 Å². The number of amides is 1. The third-order valence-corrected chi connectivity index (χ3v) is 3.79. The van der Waals surface area contributed by atoms with Crippen LogP contribution in [-0.4, -0.2) is 56.5 Å². The van der Waals surface area contributed by atoms with Gasteiger partial charge in [-0.15, -0.1) is 0 Å². The molecule has 4 nitrogen and oxygen atoms in total. The summed E-state index contributed by atoms with van der Waals surface area (Å²) in [4.78, 5) is 16.8. The van der Waals surface area contributed by atoms with Gasteiger partial charge in [0.15, 0.2) is 0 Å². The summed E-state index contributed by atoms with van der Waals surface area (Å²) in [5.74, 6) is 1.16. The van der Waals surface area contributed by atoms with Gasteiger partial charge in [0.25, 0.3) is 5.91 Å². The minimum absolute atomic E-state index is 0.0383. The second-order valence-electron chi connectivity index (χ2n) is 5.79. The van der Waals surface area contributed by atoms with E-state index in [2.05, 4.69) is 34.7 Å². The summed E-state index contributed by atoms with van der Waals surface area (Å²) in [6.07, 6.45) is 0. The van der Waals surface area contributed by atoms with Crippen molar-refractivity contribution in [2.24, 2.45) is 5.92 Å². The molecule has 0 aromatic heterocycles. The average molecular weight is 357 g/mol. The van der Waals surface area contributed by atoms with E-state index in [0.29, 0.717) is 23.8 Å². The number of rotatable bonds is 7. The number of methoxy groups -OCH3 is 1. The molecule has 0 aliphatic heterocycles. The van der Waals surface area contributed by atoms with Crippen molar-refractivity contribution in [3.63, 3.8) is 0 Å². The summed E-state index contributed by atoms with van der Waals surface area (Å²) < 4.78 is 6.02. The van der Waals surface area contributed by atoms with Crippen LogP contribution in [0.5, 0.6) is 5.75 Å². The summed E-state index contributed by atoms with van der Waals surface area (Å²) in [6.45, 7) is 6.55. The lowest BCUT2D eigenvalue weighted by molar-refractivity contribution is 0.0723. The summed E-state index contributed by atoms with van der Waals surface area (Å²) >= 11 is 3.46. The lowest BCUT2D eigenvalue weighted by Gasteiger charge is -2.26. The molecule has 0 saturated heterocycles. The Labute approximate surface area is 136 Å². The molecule has 0 aliphatic rings. The molecule has 0 fully saturated rings. The van der Waals surface area contributed by atoms with E-state index in [9.17, 15) is 4.79 Å². The number of likely N-dealkylation sites (N-methyl/N-ethyl adjacent to an activating group) is 1. The fourth-order valence-corrected chi connectivity index (χ4v) is 2.42. The van der Waals surface area contributed by atoms with Crippen molar-refractivity contribution in [3.05, 3.63) is 28.2 Å². The molecule has 5 heteroatoms. The van der Waals surface area contributed by atoms with Gasteiger partial charge in [0.05, 0.1) is 12.7 Å². The van der Waals surface area contributed by atoms with Crippen molar-refractivity contribution in [1.29, 1.82) is 0 Å². The first kappa shape index (κ1) is 18.0. The fourth-order valence-electron chi connectivity index (χ4n) is 2.00. The topological polar surface area (TPSA) is 32.8 Å². The Morgan fingerprint density at radius 1 is 1.29 bits per heavy atom. The maximum Gasteiger partial charge on any atom is 0.255 e. The Hall–Kier alpha value is -1.07. The first-order valence-electron chi connectivity index (χ1n) is 7.12. The predicted molar refractivity (Wildman–Crippen MR) is 90.0 cm³/mol. The zero-order valence-electron chi connectivity index (χ0n) is 13.5. The van der Waals surface area contributed by atoms with Gasteiger partial charge in [0.2, 0.25) is 0 Å². The molecule has 1 aromatic rings. The van der Waals surface area contributed by atoms with E-state index in [1.807, 2.05) is 31.1 Å². The molecule has 118 valence electrons. The van der Waals surface area contributed by atoms with Crippen LogP contribution in [0.15, 0.2) is 22.7 Å². The Morgan fingerprint density at radius 3 is 2.48 bits per heavy atom. The van der Waals surface area contributed by atoms with Crippen LogP contribution in [0.3, 0.4) is 0 Å². The van der Waals surface area contributed by atoms with Crippen LogP contribution >= 0.6 is 15.9 Å². The highest BCUT2D eigenvalue weighted by molar-refractivity contribution is 9.10. The molecule has 0 unspecified atom stereocenters. The first-order chi connectivity index (χ1) is 9.85. The van der Waals surface area contributed by atoms with E-state index in [-0.39, 0.29) is 5.91 Å². The van der Waals surface area contributed by atoms with Gasteiger partial charge >= 0.3 is 0 Å². The van der Waals surface area contributed by atoms with Crippen LogP contribution in [0.2, 0.25) is 0 Å². The summed E-state index contributed by atoms with van der Waals surface area (Å²) in [6, 6.07) is 5.48. The van der Waals surface area contributed by atoms with Crippen LogP contribution in [0.1, 0.15) is 24.2 Å². The van der Waals surface area contributed by atoms with E-state index >= 15 is 0 Å². The maximum atomic E-state index is 12.8. The van der Waals surface area contributed by atoms with Crippen LogP contribution in [0.25, 0.3) is 0 Å². The number of carbonyl (C=O) groups excluding carboxylic acids is 1. The monoisotopic (exact) mass is 356 g/mol. The highest BCUT2D eigenvalue weighted by atomic mass is 79.9. The van der Waals surface area contributed by atoms with Crippen LogP contribution in [0, 0.1) is 5.92 Å². The molecule has 1 amide bonds. The van der Waals surface area contributed by atoms with Crippen molar-refractivity contribution < 1.29 is 9.53 Å². The van der Waals surface area contributed by atoms with Crippen molar-refractivity contribution in [3.8, 4) is 5.75 Å². The molecule has 0 saturated carbocycles. The van der Waals surface area contributed by atoms with Gasteiger partial charge in [-0.05, 0) is 54.1 Å². The van der Waals surface area contributed by atoms with Gasteiger partial charge in [-0.1, -0.05) is 13.8 Å². The molecule has 0 N–H and O–H groups in total. The van der Waals surface area contributed by atoms with Gasteiger partial charge in [-0.3, -0.25) is 4.79 Å². The number of hydrogen-bond donors (Lipinski definition) is 0. The predicted octanol–water partition coefficient (Wildman–Crippen LogP) is 3.12. The highest BCUT2D eigenvalue weighted by Gasteiger charge is 2.20.